The average Bonchev–Trinajstić information content (AvgIpc) is 2.26. The number of carbonyl (C=O) groups excluding carboxylic acids is 1. The predicted molar refractivity (Wildman–Crippen MR) is 72.4 cm³/mol. The standard InChI is InChI=1S/C14H19NOS/c1-15(10-12-3-2-4-12)14(16)9-11-5-7-13(17)8-6-11/h5-8,12,17H,2-4,9-10H2,1H3. The van der Waals surface area contributed by atoms with Crippen molar-refractivity contribution in [3.8, 4) is 0 Å². The highest BCUT2D eigenvalue weighted by molar-refractivity contribution is 7.80. The molecule has 0 unspecified atom stereocenters. The molecule has 2 nitrogen and oxygen atoms in total. The molecule has 92 valence electrons. The summed E-state index contributed by atoms with van der Waals surface area (Å²) in [5.41, 5.74) is 1.06. The summed E-state index contributed by atoms with van der Waals surface area (Å²) in [6.07, 6.45) is 4.39. The summed E-state index contributed by atoms with van der Waals surface area (Å²) in [6, 6.07) is 7.80. The number of hydrogen-bond acceptors (Lipinski definition) is 2. The first-order chi connectivity index (χ1) is 8.15. The number of nitrogens with zero attached hydrogens (tertiary/aromatic N) is 1. The van der Waals surface area contributed by atoms with E-state index < -0.39 is 0 Å². The molecule has 0 radical (unpaired) electrons. The van der Waals surface area contributed by atoms with E-state index in [0.717, 1.165) is 22.9 Å². The van der Waals surface area contributed by atoms with E-state index in [2.05, 4.69) is 12.6 Å². The Kier molecular flexibility index (Phi) is 4.11. The van der Waals surface area contributed by atoms with Crippen molar-refractivity contribution in [2.45, 2.75) is 30.6 Å². The quantitative estimate of drug-likeness (QED) is 0.814. The zero-order valence-corrected chi connectivity index (χ0v) is 11.1. The Bertz CT molecular complexity index is 384. The Hall–Kier alpha value is -0.960. The number of carbonyl (C=O) groups is 1. The molecule has 1 amide bonds. The van der Waals surface area contributed by atoms with Crippen LogP contribution in [0.3, 0.4) is 0 Å². The lowest BCUT2D eigenvalue weighted by atomic mass is 9.85. The zero-order valence-electron chi connectivity index (χ0n) is 10.2. The van der Waals surface area contributed by atoms with E-state index in [1.54, 1.807) is 0 Å². The Morgan fingerprint density at radius 2 is 2.00 bits per heavy atom. The molecule has 1 aliphatic carbocycles. The summed E-state index contributed by atoms with van der Waals surface area (Å²) < 4.78 is 0. The van der Waals surface area contributed by atoms with Crippen LogP contribution in [-0.2, 0) is 11.2 Å². The number of benzene rings is 1. The van der Waals surface area contributed by atoms with Gasteiger partial charge < -0.3 is 4.90 Å². The topological polar surface area (TPSA) is 20.3 Å². The van der Waals surface area contributed by atoms with Gasteiger partial charge in [0.2, 0.25) is 5.91 Å². The number of thiol groups is 1. The van der Waals surface area contributed by atoms with Crippen LogP contribution in [0.15, 0.2) is 29.2 Å². The van der Waals surface area contributed by atoms with Gasteiger partial charge in [0.05, 0.1) is 6.42 Å². The average molecular weight is 249 g/mol. The van der Waals surface area contributed by atoms with Gasteiger partial charge in [-0.3, -0.25) is 4.79 Å². The highest BCUT2D eigenvalue weighted by Crippen LogP contribution is 2.26. The minimum Gasteiger partial charge on any atom is -0.345 e. The van der Waals surface area contributed by atoms with Crippen molar-refractivity contribution in [2.24, 2.45) is 5.92 Å². The fourth-order valence-corrected chi connectivity index (χ4v) is 2.24. The molecular formula is C14H19NOS. The van der Waals surface area contributed by atoms with Gasteiger partial charge in [-0.25, -0.2) is 0 Å². The minimum atomic E-state index is 0.212. The summed E-state index contributed by atoms with van der Waals surface area (Å²) in [6.45, 7) is 0.920. The van der Waals surface area contributed by atoms with Gasteiger partial charge in [0.15, 0.2) is 0 Å². The highest BCUT2D eigenvalue weighted by atomic mass is 32.1. The third-order valence-electron chi connectivity index (χ3n) is 3.47. The Labute approximate surface area is 108 Å². The molecular weight excluding hydrogens is 230 g/mol. The van der Waals surface area contributed by atoms with Crippen molar-refractivity contribution in [1.29, 1.82) is 0 Å². The van der Waals surface area contributed by atoms with Crippen molar-refractivity contribution in [1.82, 2.24) is 4.90 Å². The van der Waals surface area contributed by atoms with Gasteiger partial charge >= 0.3 is 0 Å². The number of amides is 1. The van der Waals surface area contributed by atoms with E-state index in [1.807, 2.05) is 36.2 Å². The van der Waals surface area contributed by atoms with Gasteiger partial charge in [-0.1, -0.05) is 18.6 Å². The van der Waals surface area contributed by atoms with E-state index in [1.165, 1.54) is 19.3 Å². The van der Waals surface area contributed by atoms with Gasteiger partial charge in [-0.15, -0.1) is 12.6 Å². The van der Waals surface area contributed by atoms with E-state index in [0.29, 0.717) is 6.42 Å². The molecule has 3 heteroatoms. The van der Waals surface area contributed by atoms with E-state index in [-0.39, 0.29) is 5.91 Å². The molecule has 2 rings (SSSR count). The first kappa shape index (κ1) is 12.5. The first-order valence-electron chi connectivity index (χ1n) is 6.17. The molecule has 0 bridgehead atoms. The Morgan fingerprint density at radius 3 is 2.53 bits per heavy atom. The molecule has 0 heterocycles. The molecule has 17 heavy (non-hydrogen) atoms. The molecule has 0 spiro atoms. The lowest BCUT2D eigenvalue weighted by molar-refractivity contribution is -0.130. The van der Waals surface area contributed by atoms with Crippen LogP contribution in [0.4, 0.5) is 0 Å². The van der Waals surface area contributed by atoms with Gasteiger partial charge in [0.1, 0.15) is 0 Å². The highest BCUT2D eigenvalue weighted by Gasteiger charge is 2.21. The zero-order chi connectivity index (χ0) is 12.3. The van der Waals surface area contributed by atoms with E-state index in [4.69, 9.17) is 0 Å². The lowest BCUT2D eigenvalue weighted by Gasteiger charge is -2.30. The summed E-state index contributed by atoms with van der Waals surface area (Å²) in [5, 5.41) is 0. The van der Waals surface area contributed by atoms with Crippen molar-refractivity contribution >= 4 is 18.5 Å². The predicted octanol–water partition coefficient (Wildman–Crippen LogP) is 2.78. The lowest BCUT2D eigenvalue weighted by Crippen LogP contribution is -2.35. The van der Waals surface area contributed by atoms with E-state index >= 15 is 0 Å². The second kappa shape index (κ2) is 5.58. The number of hydrogen-bond donors (Lipinski definition) is 1. The summed E-state index contributed by atoms with van der Waals surface area (Å²) in [5.74, 6) is 0.951. The van der Waals surface area contributed by atoms with Crippen LogP contribution < -0.4 is 0 Å². The minimum absolute atomic E-state index is 0.212. The van der Waals surface area contributed by atoms with Crippen LogP contribution in [0.1, 0.15) is 24.8 Å². The molecule has 0 aliphatic heterocycles. The molecule has 0 N–H and O–H groups in total. The van der Waals surface area contributed by atoms with Gasteiger partial charge in [-0.2, -0.15) is 0 Å². The van der Waals surface area contributed by atoms with Crippen LogP contribution in [0.5, 0.6) is 0 Å². The molecule has 1 aromatic carbocycles. The molecule has 0 atom stereocenters. The van der Waals surface area contributed by atoms with Crippen LogP contribution in [0.2, 0.25) is 0 Å². The normalized spacial score (nSPS) is 15.4. The van der Waals surface area contributed by atoms with Crippen LogP contribution >= 0.6 is 12.6 Å². The number of likely N-dealkylation sites (N-methyl/N-ethyl adjacent to an activating group) is 1. The molecule has 1 aliphatic rings. The smallest absolute Gasteiger partial charge is 0.226 e. The second-order valence-electron chi connectivity index (χ2n) is 4.91. The number of rotatable bonds is 4. The van der Waals surface area contributed by atoms with Crippen LogP contribution in [-0.4, -0.2) is 24.4 Å². The molecule has 0 aromatic heterocycles. The third-order valence-corrected chi connectivity index (χ3v) is 3.77. The maximum Gasteiger partial charge on any atom is 0.226 e. The Morgan fingerprint density at radius 1 is 1.35 bits per heavy atom. The van der Waals surface area contributed by atoms with Crippen LogP contribution in [0, 0.1) is 5.92 Å². The monoisotopic (exact) mass is 249 g/mol. The van der Waals surface area contributed by atoms with Crippen molar-refractivity contribution in [3.63, 3.8) is 0 Å². The van der Waals surface area contributed by atoms with E-state index in [9.17, 15) is 4.79 Å². The van der Waals surface area contributed by atoms with Gasteiger partial charge in [-0.05, 0) is 36.5 Å². The summed E-state index contributed by atoms with van der Waals surface area (Å²) >= 11 is 4.23. The molecule has 1 saturated carbocycles. The second-order valence-corrected chi connectivity index (χ2v) is 5.43. The maximum absolute atomic E-state index is 12.0. The fourth-order valence-electron chi connectivity index (χ4n) is 2.09. The summed E-state index contributed by atoms with van der Waals surface area (Å²) in [4.78, 5) is 14.8. The maximum atomic E-state index is 12.0. The fraction of sp³-hybridized carbons (Fsp3) is 0.500. The Balaban J connectivity index is 1.84. The SMILES string of the molecule is CN(CC1CCC1)C(=O)Cc1ccc(S)cc1. The summed E-state index contributed by atoms with van der Waals surface area (Å²) in [7, 11) is 1.91. The third kappa shape index (κ3) is 3.50. The van der Waals surface area contributed by atoms with Gasteiger partial charge in [0.25, 0.3) is 0 Å². The molecule has 1 aromatic rings. The largest absolute Gasteiger partial charge is 0.345 e. The van der Waals surface area contributed by atoms with Crippen molar-refractivity contribution in [2.75, 3.05) is 13.6 Å². The first-order valence-corrected chi connectivity index (χ1v) is 6.62. The molecule has 1 fully saturated rings. The molecule has 0 saturated heterocycles. The van der Waals surface area contributed by atoms with Crippen molar-refractivity contribution in [3.05, 3.63) is 29.8 Å². The van der Waals surface area contributed by atoms with Crippen molar-refractivity contribution < 1.29 is 4.79 Å². The van der Waals surface area contributed by atoms with Gasteiger partial charge in [0, 0.05) is 18.5 Å². The van der Waals surface area contributed by atoms with Crippen LogP contribution in [0.25, 0.3) is 0 Å².